The number of aliphatic hydroxyl groups is 1. The van der Waals surface area contributed by atoms with Gasteiger partial charge in [0.2, 0.25) is 0 Å². The Kier molecular flexibility index (Phi) is 5.32. The Morgan fingerprint density at radius 2 is 1.86 bits per heavy atom. The molecule has 122 valence electrons. The lowest BCUT2D eigenvalue weighted by Gasteiger charge is -2.50. The van der Waals surface area contributed by atoms with Crippen molar-refractivity contribution in [2.24, 2.45) is 16.7 Å². The van der Waals surface area contributed by atoms with Gasteiger partial charge in [0.1, 0.15) is 0 Å². The molecule has 0 spiro atoms. The number of aliphatic carboxylic acids is 1. The first-order valence-corrected chi connectivity index (χ1v) is 6.80. The van der Waals surface area contributed by atoms with E-state index in [1.54, 1.807) is 13.8 Å². The highest BCUT2D eigenvalue weighted by Gasteiger charge is 2.58. The van der Waals surface area contributed by atoms with Crippen molar-refractivity contribution in [3.63, 3.8) is 0 Å². The summed E-state index contributed by atoms with van der Waals surface area (Å²) in [7, 11) is 0. The number of amides is 1. The number of hydrogen-bond donors (Lipinski definition) is 4. The van der Waals surface area contributed by atoms with Gasteiger partial charge < -0.3 is 19.7 Å². The molecule has 1 rings (SSSR count). The van der Waals surface area contributed by atoms with Crippen molar-refractivity contribution in [2.45, 2.75) is 39.4 Å². The molecule has 0 aromatic rings. The minimum absolute atomic E-state index is 0.0798. The van der Waals surface area contributed by atoms with Crippen molar-refractivity contribution < 1.29 is 29.3 Å². The van der Waals surface area contributed by atoms with E-state index < -0.39 is 28.5 Å². The Balaban J connectivity index is 3.10. The third-order valence-electron chi connectivity index (χ3n) is 4.16. The predicted octanol–water partition coefficient (Wildman–Crippen LogP) is -0.391. The third kappa shape index (κ3) is 3.18. The van der Waals surface area contributed by atoms with E-state index in [0.29, 0.717) is 6.42 Å². The molecule has 1 heterocycles. The maximum atomic E-state index is 12.2. The van der Waals surface area contributed by atoms with Crippen molar-refractivity contribution in [1.29, 1.82) is 0 Å². The average molecular weight is 304 g/mol. The lowest BCUT2D eigenvalue weighted by atomic mass is 9.77. The quantitative estimate of drug-likeness (QED) is 0.298. The van der Waals surface area contributed by atoms with Gasteiger partial charge in [-0.05, 0) is 6.42 Å². The molecule has 0 bridgehead atoms. The summed E-state index contributed by atoms with van der Waals surface area (Å²) in [5, 5.41) is 18.5. The predicted molar refractivity (Wildman–Crippen MR) is 72.8 cm³/mol. The van der Waals surface area contributed by atoms with E-state index >= 15 is 0 Å². The van der Waals surface area contributed by atoms with Crippen LogP contribution in [0.25, 0.3) is 0 Å². The van der Waals surface area contributed by atoms with Crippen LogP contribution in [-0.2, 0) is 19.1 Å². The summed E-state index contributed by atoms with van der Waals surface area (Å²) in [6.45, 7) is 5.01. The van der Waals surface area contributed by atoms with Gasteiger partial charge in [0.05, 0.1) is 26.2 Å². The van der Waals surface area contributed by atoms with Gasteiger partial charge in [-0.1, -0.05) is 20.8 Å². The van der Waals surface area contributed by atoms with Crippen LogP contribution >= 0.6 is 0 Å². The van der Waals surface area contributed by atoms with Crippen LogP contribution in [-0.4, -0.2) is 47.7 Å². The maximum Gasteiger partial charge on any atom is 0.304 e. The molecule has 0 atom stereocenters. The van der Waals surface area contributed by atoms with Gasteiger partial charge >= 0.3 is 5.97 Å². The second kappa shape index (κ2) is 6.27. The van der Waals surface area contributed by atoms with Gasteiger partial charge in [0.25, 0.3) is 11.7 Å². The van der Waals surface area contributed by atoms with E-state index in [9.17, 15) is 14.7 Å². The summed E-state index contributed by atoms with van der Waals surface area (Å²) in [4.78, 5) is 23.2. The standard InChI is InChI=1S/C13H24N2O6/c1-4-12(6-16)7-20-13(21-8-12,10(19)15-14)11(2,3)5-9(17)18/h16H,4-8,14H2,1-3H3,(H,15,19)(H,17,18). The molecule has 1 aliphatic rings. The highest BCUT2D eigenvalue weighted by Crippen LogP contribution is 2.44. The Morgan fingerprint density at radius 1 is 1.33 bits per heavy atom. The summed E-state index contributed by atoms with van der Waals surface area (Å²) in [6, 6.07) is 0. The van der Waals surface area contributed by atoms with Crippen LogP contribution in [0.3, 0.4) is 0 Å². The highest BCUT2D eigenvalue weighted by atomic mass is 16.7. The summed E-state index contributed by atoms with van der Waals surface area (Å²) >= 11 is 0. The third-order valence-corrected chi connectivity index (χ3v) is 4.16. The first-order valence-electron chi connectivity index (χ1n) is 6.80. The van der Waals surface area contributed by atoms with Crippen molar-refractivity contribution >= 4 is 11.9 Å². The zero-order chi connectivity index (χ0) is 16.3. The second-order valence-corrected chi connectivity index (χ2v) is 6.13. The molecule has 0 aliphatic carbocycles. The topological polar surface area (TPSA) is 131 Å². The maximum absolute atomic E-state index is 12.2. The van der Waals surface area contributed by atoms with Crippen molar-refractivity contribution in [1.82, 2.24) is 5.43 Å². The number of hydrogen-bond acceptors (Lipinski definition) is 6. The lowest BCUT2D eigenvalue weighted by molar-refractivity contribution is -0.330. The van der Waals surface area contributed by atoms with Crippen molar-refractivity contribution in [2.75, 3.05) is 19.8 Å². The molecule has 8 nitrogen and oxygen atoms in total. The number of nitrogens with two attached hydrogens (primary N) is 1. The summed E-state index contributed by atoms with van der Waals surface area (Å²) in [5.41, 5.74) is 0.233. The molecule has 21 heavy (non-hydrogen) atoms. The second-order valence-electron chi connectivity index (χ2n) is 6.13. The van der Waals surface area contributed by atoms with Crippen LogP contribution in [0.4, 0.5) is 0 Å². The van der Waals surface area contributed by atoms with E-state index in [-0.39, 0.29) is 26.2 Å². The Hall–Kier alpha value is -1.22. The van der Waals surface area contributed by atoms with Crippen LogP contribution in [0.5, 0.6) is 0 Å². The highest BCUT2D eigenvalue weighted by molar-refractivity contribution is 5.85. The van der Waals surface area contributed by atoms with E-state index in [4.69, 9.17) is 20.4 Å². The number of carbonyl (C=O) groups is 2. The van der Waals surface area contributed by atoms with Crippen LogP contribution in [0.1, 0.15) is 33.6 Å². The Bertz CT molecular complexity index is 395. The fraction of sp³-hybridized carbons (Fsp3) is 0.846. The fourth-order valence-electron chi connectivity index (χ4n) is 2.42. The molecule has 0 aromatic heterocycles. The number of nitrogens with one attached hydrogen (secondary N) is 1. The lowest BCUT2D eigenvalue weighted by Crippen LogP contribution is -2.66. The van der Waals surface area contributed by atoms with Crippen molar-refractivity contribution in [3.05, 3.63) is 0 Å². The number of rotatable bonds is 6. The van der Waals surface area contributed by atoms with Gasteiger partial charge in [-0.3, -0.25) is 15.0 Å². The normalized spacial score (nSPS) is 30.0. The number of ether oxygens (including phenoxy) is 2. The van der Waals surface area contributed by atoms with Crippen LogP contribution in [0.2, 0.25) is 0 Å². The molecule has 1 fully saturated rings. The Labute approximate surface area is 123 Å². The van der Waals surface area contributed by atoms with Crippen LogP contribution in [0, 0.1) is 10.8 Å². The summed E-state index contributed by atoms with van der Waals surface area (Å²) in [5.74, 6) is 1.58. The number of carbonyl (C=O) groups excluding carboxylic acids is 1. The molecular formula is C13H24N2O6. The molecule has 8 heteroatoms. The molecule has 1 saturated heterocycles. The molecule has 0 aromatic carbocycles. The van der Waals surface area contributed by atoms with E-state index in [1.807, 2.05) is 12.3 Å². The molecule has 0 unspecified atom stereocenters. The zero-order valence-electron chi connectivity index (χ0n) is 12.6. The molecule has 0 saturated carbocycles. The fourth-order valence-corrected chi connectivity index (χ4v) is 2.42. The summed E-state index contributed by atoms with van der Waals surface area (Å²) < 4.78 is 11.3. The molecular weight excluding hydrogens is 280 g/mol. The van der Waals surface area contributed by atoms with E-state index in [0.717, 1.165) is 0 Å². The van der Waals surface area contributed by atoms with Gasteiger partial charge in [-0.25, -0.2) is 5.84 Å². The van der Waals surface area contributed by atoms with E-state index in [1.165, 1.54) is 0 Å². The molecule has 1 amide bonds. The first-order chi connectivity index (χ1) is 9.68. The molecule has 5 N–H and O–H groups in total. The average Bonchev–Trinajstić information content (AvgIpc) is 2.45. The number of carboxylic acid groups (broad SMARTS) is 1. The number of hydrazine groups is 1. The first kappa shape index (κ1) is 17.8. The Morgan fingerprint density at radius 3 is 2.19 bits per heavy atom. The van der Waals surface area contributed by atoms with Gasteiger partial charge in [-0.15, -0.1) is 0 Å². The van der Waals surface area contributed by atoms with Gasteiger partial charge in [-0.2, -0.15) is 0 Å². The minimum Gasteiger partial charge on any atom is -0.481 e. The van der Waals surface area contributed by atoms with Crippen LogP contribution < -0.4 is 11.3 Å². The summed E-state index contributed by atoms with van der Waals surface area (Å²) in [6.07, 6.45) is 0.266. The monoisotopic (exact) mass is 304 g/mol. The smallest absolute Gasteiger partial charge is 0.304 e. The number of aliphatic hydroxyl groups excluding tert-OH is 1. The van der Waals surface area contributed by atoms with Gasteiger partial charge in [0, 0.05) is 10.8 Å². The van der Waals surface area contributed by atoms with E-state index in [2.05, 4.69) is 0 Å². The van der Waals surface area contributed by atoms with Crippen LogP contribution in [0.15, 0.2) is 0 Å². The minimum atomic E-state index is -1.80. The zero-order valence-corrected chi connectivity index (χ0v) is 12.6. The van der Waals surface area contributed by atoms with Crippen molar-refractivity contribution in [3.8, 4) is 0 Å². The largest absolute Gasteiger partial charge is 0.481 e. The SMILES string of the molecule is CCC1(CO)COC(C(=O)NN)(C(C)(C)CC(=O)O)OC1. The number of carboxylic acids is 1. The molecule has 0 radical (unpaired) electrons. The van der Waals surface area contributed by atoms with Gasteiger partial charge in [0.15, 0.2) is 0 Å². The molecule has 1 aliphatic heterocycles.